The van der Waals surface area contributed by atoms with Crippen molar-refractivity contribution in [3.63, 3.8) is 0 Å². The van der Waals surface area contributed by atoms with Crippen LogP contribution < -0.4 is 0 Å². The van der Waals surface area contributed by atoms with Gasteiger partial charge in [0.25, 0.3) is 6.01 Å². The molecule has 0 unspecified atom stereocenters. The summed E-state index contributed by atoms with van der Waals surface area (Å²) in [6, 6.07) is 5.02. The molecule has 0 amide bonds. The Morgan fingerprint density at radius 1 is 1.27 bits per heavy atom. The second-order valence-corrected chi connectivity index (χ2v) is 2.27. The van der Waals surface area contributed by atoms with E-state index in [0.717, 1.165) is 0 Å². The number of hydrogen-bond donors (Lipinski definition) is 1. The fourth-order valence-corrected chi connectivity index (χ4v) is 0.998. The van der Waals surface area contributed by atoms with E-state index < -0.39 is 6.01 Å². The van der Waals surface area contributed by atoms with Crippen molar-refractivity contribution >= 4 is 11.0 Å². The number of furan rings is 1. The van der Waals surface area contributed by atoms with Gasteiger partial charge in [0.2, 0.25) is 0 Å². The summed E-state index contributed by atoms with van der Waals surface area (Å²) >= 11 is 0. The SMILES string of the molecule is Oc1ccc2oc(F)cc2c1. The van der Waals surface area contributed by atoms with E-state index in [4.69, 9.17) is 5.11 Å². The first kappa shape index (κ1) is 6.22. The summed E-state index contributed by atoms with van der Waals surface area (Å²) in [6.07, 6.45) is 0. The third kappa shape index (κ3) is 0.941. The molecule has 1 heterocycles. The lowest BCUT2D eigenvalue weighted by Gasteiger charge is -1.88. The summed E-state index contributed by atoms with van der Waals surface area (Å²) in [5.74, 6) is 0.110. The Morgan fingerprint density at radius 3 is 2.91 bits per heavy atom. The summed E-state index contributed by atoms with van der Waals surface area (Å²) < 4.78 is 17.1. The molecule has 0 aliphatic carbocycles. The minimum Gasteiger partial charge on any atom is -0.508 e. The Hall–Kier alpha value is -1.51. The largest absolute Gasteiger partial charge is 0.508 e. The molecule has 0 aliphatic heterocycles. The highest BCUT2D eigenvalue weighted by Crippen LogP contribution is 2.22. The molecule has 3 heteroatoms. The maximum absolute atomic E-state index is 12.4. The minimum absolute atomic E-state index is 0.110. The first-order valence-electron chi connectivity index (χ1n) is 3.14. The van der Waals surface area contributed by atoms with Crippen LogP contribution in [-0.4, -0.2) is 5.11 Å². The van der Waals surface area contributed by atoms with Gasteiger partial charge in [0.05, 0.1) is 0 Å². The molecule has 0 radical (unpaired) electrons. The van der Waals surface area contributed by atoms with Crippen LogP contribution in [0.1, 0.15) is 0 Å². The maximum atomic E-state index is 12.4. The minimum atomic E-state index is -0.634. The van der Waals surface area contributed by atoms with E-state index in [0.29, 0.717) is 11.0 Å². The van der Waals surface area contributed by atoms with Crippen molar-refractivity contribution in [1.29, 1.82) is 0 Å². The number of halogens is 1. The van der Waals surface area contributed by atoms with Gasteiger partial charge in [0, 0.05) is 11.5 Å². The number of benzene rings is 1. The molecule has 0 spiro atoms. The second kappa shape index (κ2) is 1.99. The normalized spacial score (nSPS) is 10.6. The average Bonchev–Trinajstić information content (AvgIpc) is 2.27. The number of fused-ring (bicyclic) bond motifs is 1. The highest BCUT2D eigenvalue weighted by atomic mass is 19.1. The van der Waals surface area contributed by atoms with Crippen LogP contribution in [0.2, 0.25) is 0 Å². The van der Waals surface area contributed by atoms with Crippen molar-refractivity contribution in [2.24, 2.45) is 0 Å². The molecule has 0 saturated carbocycles. The molecular weight excluding hydrogens is 147 g/mol. The monoisotopic (exact) mass is 152 g/mol. The van der Waals surface area contributed by atoms with Gasteiger partial charge in [0.1, 0.15) is 11.3 Å². The number of phenols is 1. The van der Waals surface area contributed by atoms with Gasteiger partial charge in [0.15, 0.2) is 0 Å². The van der Waals surface area contributed by atoms with Gasteiger partial charge in [-0.1, -0.05) is 0 Å². The Kier molecular flexibility index (Phi) is 1.12. The molecule has 0 saturated heterocycles. The first-order valence-corrected chi connectivity index (χ1v) is 3.14. The maximum Gasteiger partial charge on any atom is 0.278 e. The second-order valence-electron chi connectivity index (χ2n) is 2.27. The van der Waals surface area contributed by atoms with Crippen LogP contribution in [0.4, 0.5) is 4.39 Å². The van der Waals surface area contributed by atoms with Crippen molar-refractivity contribution in [3.8, 4) is 5.75 Å². The van der Waals surface area contributed by atoms with E-state index in [1.807, 2.05) is 0 Å². The van der Waals surface area contributed by atoms with Crippen molar-refractivity contribution in [2.75, 3.05) is 0 Å². The summed E-state index contributed by atoms with van der Waals surface area (Å²) in [4.78, 5) is 0. The van der Waals surface area contributed by atoms with Gasteiger partial charge in [-0.2, -0.15) is 4.39 Å². The lowest BCUT2D eigenvalue weighted by Crippen LogP contribution is -1.62. The van der Waals surface area contributed by atoms with E-state index in [1.54, 1.807) is 0 Å². The number of phenolic OH excluding ortho intramolecular Hbond substituents is 1. The van der Waals surface area contributed by atoms with Gasteiger partial charge >= 0.3 is 0 Å². The van der Waals surface area contributed by atoms with Crippen molar-refractivity contribution < 1.29 is 13.9 Å². The summed E-state index contributed by atoms with van der Waals surface area (Å²) in [6.45, 7) is 0. The molecule has 0 bridgehead atoms. The average molecular weight is 152 g/mol. The quantitative estimate of drug-likeness (QED) is 0.628. The fraction of sp³-hybridized carbons (Fsp3) is 0. The van der Waals surface area contributed by atoms with Gasteiger partial charge in [-0.15, -0.1) is 0 Å². The van der Waals surface area contributed by atoms with Crippen LogP contribution in [0.5, 0.6) is 5.75 Å². The van der Waals surface area contributed by atoms with E-state index in [1.165, 1.54) is 24.3 Å². The third-order valence-corrected chi connectivity index (χ3v) is 1.47. The van der Waals surface area contributed by atoms with E-state index in [9.17, 15) is 4.39 Å². The Bertz CT molecular complexity index is 392. The molecular formula is C8H5FO2. The zero-order valence-corrected chi connectivity index (χ0v) is 5.54. The van der Waals surface area contributed by atoms with Crippen molar-refractivity contribution in [2.45, 2.75) is 0 Å². The molecule has 1 aromatic carbocycles. The molecule has 0 atom stereocenters. The van der Waals surface area contributed by atoms with Crippen LogP contribution in [0.25, 0.3) is 11.0 Å². The zero-order chi connectivity index (χ0) is 7.84. The molecule has 2 rings (SSSR count). The molecule has 56 valence electrons. The highest BCUT2D eigenvalue weighted by molar-refractivity contribution is 5.78. The highest BCUT2D eigenvalue weighted by Gasteiger charge is 2.01. The smallest absolute Gasteiger partial charge is 0.278 e. The predicted molar refractivity (Wildman–Crippen MR) is 37.8 cm³/mol. The number of aromatic hydroxyl groups is 1. The number of rotatable bonds is 0. The molecule has 0 aliphatic rings. The lowest BCUT2D eigenvalue weighted by atomic mass is 10.2. The molecule has 11 heavy (non-hydrogen) atoms. The third-order valence-electron chi connectivity index (χ3n) is 1.47. The standard InChI is InChI=1S/C8H5FO2/c9-8-4-5-3-6(10)1-2-7(5)11-8/h1-4,10H. The Labute approximate surface area is 61.9 Å². The molecule has 2 nitrogen and oxygen atoms in total. The Balaban J connectivity index is 2.82. The van der Waals surface area contributed by atoms with Crippen molar-refractivity contribution in [1.82, 2.24) is 0 Å². The van der Waals surface area contributed by atoms with Gasteiger partial charge in [-0.25, -0.2) is 0 Å². The van der Waals surface area contributed by atoms with Gasteiger partial charge in [-0.3, -0.25) is 0 Å². The molecule has 1 N–H and O–H groups in total. The zero-order valence-electron chi connectivity index (χ0n) is 5.54. The van der Waals surface area contributed by atoms with Crippen molar-refractivity contribution in [3.05, 3.63) is 30.3 Å². The van der Waals surface area contributed by atoms with Crippen LogP contribution in [-0.2, 0) is 0 Å². The predicted octanol–water partition coefficient (Wildman–Crippen LogP) is 2.28. The summed E-state index contributed by atoms with van der Waals surface area (Å²) in [5, 5.41) is 9.55. The van der Waals surface area contributed by atoms with Crippen LogP contribution in [0, 0.1) is 6.01 Å². The van der Waals surface area contributed by atoms with Crippen LogP contribution >= 0.6 is 0 Å². The molecule has 0 fully saturated rings. The number of hydrogen-bond acceptors (Lipinski definition) is 2. The van der Waals surface area contributed by atoms with Gasteiger partial charge in [-0.05, 0) is 18.2 Å². The van der Waals surface area contributed by atoms with E-state index in [-0.39, 0.29) is 5.75 Å². The molecule has 2 aromatic rings. The van der Waals surface area contributed by atoms with E-state index >= 15 is 0 Å². The summed E-state index contributed by atoms with van der Waals surface area (Å²) in [7, 11) is 0. The fourth-order valence-electron chi connectivity index (χ4n) is 0.998. The molecule has 1 aromatic heterocycles. The van der Waals surface area contributed by atoms with Crippen LogP contribution in [0.3, 0.4) is 0 Å². The Morgan fingerprint density at radius 2 is 2.09 bits per heavy atom. The van der Waals surface area contributed by atoms with Gasteiger partial charge < -0.3 is 9.52 Å². The summed E-state index contributed by atoms with van der Waals surface area (Å²) in [5.41, 5.74) is 0.445. The van der Waals surface area contributed by atoms with Crippen LogP contribution in [0.15, 0.2) is 28.7 Å². The first-order chi connectivity index (χ1) is 5.25. The van der Waals surface area contributed by atoms with E-state index in [2.05, 4.69) is 4.42 Å². The lowest BCUT2D eigenvalue weighted by molar-refractivity contribution is 0.381. The topological polar surface area (TPSA) is 33.4 Å².